The highest BCUT2D eigenvalue weighted by atomic mass is 16.4. The first-order valence-electron chi connectivity index (χ1n) is 6.47. The molecule has 1 amide bonds. The number of hydrogen-bond acceptors (Lipinski definition) is 2. The van der Waals surface area contributed by atoms with Crippen molar-refractivity contribution in [2.75, 3.05) is 0 Å². The van der Waals surface area contributed by atoms with E-state index in [1.54, 1.807) is 6.07 Å². The quantitative estimate of drug-likeness (QED) is 0.858. The summed E-state index contributed by atoms with van der Waals surface area (Å²) in [6.07, 6.45) is 0.698. The molecule has 1 aromatic rings. The Balaban J connectivity index is 2.94. The molecule has 0 radical (unpaired) electrons. The van der Waals surface area contributed by atoms with Crippen LogP contribution in [0.3, 0.4) is 0 Å². The molecule has 0 heterocycles. The summed E-state index contributed by atoms with van der Waals surface area (Å²) < 4.78 is 0. The number of carboxylic acids is 1. The fourth-order valence-electron chi connectivity index (χ4n) is 1.88. The molecule has 2 atom stereocenters. The molecule has 0 aliphatic rings. The van der Waals surface area contributed by atoms with Crippen molar-refractivity contribution in [2.45, 2.75) is 40.2 Å². The van der Waals surface area contributed by atoms with Gasteiger partial charge in [0.2, 0.25) is 0 Å². The lowest BCUT2D eigenvalue weighted by atomic mass is 9.98. The van der Waals surface area contributed by atoms with E-state index >= 15 is 0 Å². The zero-order chi connectivity index (χ0) is 14.6. The maximum atomic E-state index is 12.2. The van der Waals surface area contributed by atoms with Crippen molar-refractivity contribution in [3.63, 3.8) is 0 Å². The van der Waals surface area contributed by atoms with Gasteiger partial charge >= 0.3 is 5.97 Å². The van der Waals surface area contributed by atoms with Gasteiger partial charge in [-0.3, -0.25) is 4.79 Å². The van der Waals surface area contributed by atoms with Gasteiger partial charge in [0.1, 0.15) is 6.04 Å². The molecule has 4 heteroatoms. The molecule has 0 aliphatic carbocycles. The van der Waals surface area contributed by atoms with Gasteiger partial charge in [-0.2, -0.15) is 0 Å². The minimum atomic E-state index is -0.993. The highest BCUT2D eigenvalue weighted by molar-refractivity contribution is 5.98. The van der Waals surface area contributed by atoms with Crippen molar-refractivity contribution in [3.05, 3.63) is 34.9 Å². The van der Waals surface area contributed by atoms with Gasteiger partial charge in [0.15, 0.2) is 0 Å². The molecular formula is C15H21NO3. The second-order valence-corrected chi connectivity index (χ2v) is 4.99. The molecular weight excluding hydrogens is 242 g/mol. The van der Waals surface area contributed by atoms with Crippen molar-refractivity contribution in [1.82, 2.24) is 5.32 Å². The summed E-state index contributed by atoms with van der Waals surface area (Å²) in [6.45, 7) is 7.47. The third-order valence-corrected chi connectivity index (χ3v) is 3.40. The van der Waals surface area contributed by atoms with E-state index in [2.05, 4.69) is 5.32 Å². The molecule has 2 N–H and O–H groups in total. The minimum Gasteiger partial charge on any atom is -0.480 e. The van der Waals surface area contributed by atoms with Gasteiger partial charge in [-0.05, 0) is 31.4 Å². The van der Waals surface area contributed by atoms with E-state index in [1.165, 1.54) is 0 Å². The Bertz CT molecular complexity index is 482. The van der Waals surface area contributed by atoms with Crippen molar-refractivity contribution in [2.24, 2.45) is 5.92 Å². The fraction of sp³-hybridized carbons (Fsp3) is 0.467. The standard InChI is InChI=1S/C15H21NO3/c1-5-10(3)13(15(18)19)16-14(17)12-8-9(2)6-7-11(12)4/h6-8,10,13H,5H2,1-4H3,(H,16,17)(H,18,19)/t10?,13-/m0/s1. The summed E-state index contributed by atoms with van der Waals surface area (Å²) >= 11 is 0. The largest absolute Gasteiger partial charge is 0.480 e. The predicted octanol–water partition coefficient (Wildman–Crippen LogP) is 2.53. The van der Waals surface area contributed by atoms with Crippen LogP contribution < -0.4 is 5.32 Å². The van der Waals surface area contributed by atoms with Gasteiger partial charge in [-0.15, -0.1) is 0 Å². The van der Waals surface area contributed by atoms with Gasteiger partial charge in [-0.1, -0.05) is 38.0 Å². The third-order valence-electron chi connectivity index (χ3n) is 3.40. The molecule has 0 spiro atoms. The van der Waals surface area contributed by atoms with Crippen LogP contribution in [-0.2, 0) is 4.79 Å². The maximum Gasteiger partial charge on any atom is 0.326 e. The molecule has 1 aromatic carbocycles. The molecule has 19 heavy (non-hydrogen) atoms. The summed E-state index contributed by atoms with van der Waals surface area (Å²) in [4.78, 5) is 23.4. The Morgan fingerprint density at radius 2 is 1.95 bits per heavy atom. The molecule has 0 saturated heterocycles. The van der Waals surface area contributed by atoms with Crippen LogP contribution in [0.2, 0.25) is 0 Å². The molecule has 0 fully saturated rings. The second kappa shape index (κ2) is 6.36. The van der Waals surface area contributed by atoms with E-state index < -0.39 is 12.0 Å². The van der Waals surface area contributed by atoms with Gasteiger partial charge in [0.25, 0.3) is 5.91 Å². The first-order chi connectivity index (χ1) is 8.86. The molecule has 0 saturated carbocycles. The number of nitrogens with one attached hydrogen (secondary N) is 1. The lowest BCUT2D eigenvalue weighted by Gasteiger charge is -2.20. The van der Waals surface area contributed by atoms with Crippen molar-refractivity contribution < 1.29 is 14.7 Å². The SMILES string of the molecule is CCC(C)[C@H](NC(=O)c1cc(C)ccc1C)C(=O)O. The van der Waals surface area contributed by atoms with Crippen molar-refractivity contribution in [1.29, 1.82) is 0 Å². The molecule has 0 bridgehead atoms. The Hall–Kier alpha value is -1.84. The second-order valence-electron chi connectivity index (χ2n) is 4.99. The van der Waals surface area contributed by atoms with E-state index in [4.69, 9.17) is 0 Å². The van der Waals surface area contributed by atoms with Gasteiger partial charge in [0, 0.05) is 5.56 Å². The Morgan fingerprint density at radius 1 is 1.32 bits per heavy atom. The smallest absolute Gasteiger partial charge is 0.326 e. The number of aliphatic carboxylic acids is 1. The highest BCUT2D eigenvalue weighted by Gasteiger charge is 2.26. The first kappa shape index (κ1) is 15.2. The topological polar surface area (TPSA) is 66.4 Å². The fourth-order valence-corrected chi connectivity index (χ4v) is 1.88. The van der Waals surface area contributed by atoms with Gasteiger partial charge in [0.05, 0.1) is 0 Å². The summed E-state index contributed by atoms with van der Waals surface area (Å²) in [6, 6.07) is 4.72. The number of carbonyl (C=O) groups is 2. The first-order valence-corrected chi connectivity index (χ1v) is 6.47. The molecule has 0 aromatic heterocycles. The van der Waals surface area contributed by atoms with Crippen LogP contribution in [0.25, 0.3) is 0 Å². The van der Waals surface area contributed by atoms with E-state index in [0.717, 1.165) is 11.1 Å². The number of rotatable bonds is 5. The van der Waals surface area contributed by atoms with E-state index in [9.17, 15) is 14.7 Å². The predicted molar refractivity (Wildman–Crippen MR) is 74.3 cm³/mol. The molecule has 1 unspecified atom stereocenters. The number of aryl methyl sites for hydroxylation is 2. The zero-order valence-corrected chi connectivity index (χ0v) is 11.9. The summed E-state index contributed by atoms with van der Waals surface area (Å²) in [5, 5.41) is 11.8. The van der Waals surface area contributed by atoms with Crippen molar-refractivity contribution in [3.8, 4) is 0 Å². The normalized spacial score (nSPS) is 13.7. The highest BCUT2D eigenvalue weighted by Crippen LogP contribution is 2.13. The van der Waals surface area contributed by atoms with Crippen LogP contribution in [0.15, 0.2) is 18.2 Å². The molecule has 0 aliphatic heterocycles. The Labute approximate surface area is 113 Å². The molecule has 1 rings (SSSR count). The lowest BCUT2D eigenvalue weighted by Crippen LogP contribution is -2.45. The monoisotopic (exact) mass is 263 g/mol. The number of benzene rings is 1. The summed E-state index contributed by atoms with van der Waals surface area (Å²) in [5.41, 5.74) is 2.36. The Kier molecular flexibility index (Phi) is 5.10. The summed E-state index contributed by atoms with van der Waals surface area (Å²) in [7, 11) is 0. The van der Waals surface area contributed by atoms with Crippen LogP contribution in [0, 0.1) is 19.8 Å². The van der Waals surface area contributed by atoms with E-state index in [1.807, 2.05) is 39.8 Å². The summed E-state index contributed by atoms with van der Waals surface area (Å²) in [5.74, 6) is -1.42. The number of hydrogen-bond donors (Lipinski definition) is 2. The third kappa shape index (κ3) is 3.81. The average Bonchev–Trinajstić information content (AvgIpc) is 2.37. The number of amides is 1. The number of carbonyl (C=O) groups excluding carboxylic acids is 1. The van der Waals surface area contributed by atoms with Crippen LogP contribution in [0.5, 0.6) is 0 Å². The van der Waals surface area contributed by atoms with E-state index in [0.29, 0.717) is 12.0 Å². The van der Waals surface area contributed by atoms with E-state index in [-0.39, 0.29) is 11.8 Å². The Morgan fingerprint density at radius 3 is 2.47 bits per heavy atom. The lowest BCUT2D eigenvalue weighted by molar-refractivity contribution is -0.140. The molecule has 104 valence electrons. The van der Waals surface area contributed by atoms with Crippen LogP contribution in [0.4, 0.5) is 0 Å². The van der Waals surface area contributed by atoms with Crippen LogP contribution in [0.1, 0.15) is 41.8 Å². The van der Waals surface area contributed by atoms with Crippen LogP contribution in [-0.4, -0.2) is 23.0 Å². The van der Waals surface area contributed by atoms with Crippen molar-refractivity contribution >= 4 is 11.9 Å². The average molecular weight is 263 g/mol. The minimum absolute atomic E-state index is 0.105. The molecule has 4 nitrogen and oxygen atoms in total. The maximum absolute atomic E-state index is 12.2. The van der Waals surface area contributed by atoms with Crippen LogP contribution >= 0.6 is 0 Å². The van der Waals surface area contributed by atoms with Gasteiger partial charge in [-0.25, -0.2) is 4.79 Å². The van der Waals surface area contributed by atoms with Gasteiger partial charge < -0.3 is 10.4 Å². The number of carboxylic acid groups (broad SMARTS) is 1. The zero-order valence-electron chi connectivity index (χ0n) is 11.9.